The van der Waals surface area contributed by atoms with Gasteiger partial charge >= 0.3 is 17.9 Å². The fraction of sp³-hybridized carbons (Fsp3) is 0.842. The summed E-state index contributed by atoms with van der Waals surface area (Å²) >= 11 is 0. The highest BCUT2D eigenvalue weighted by molar-refractivity contribution is 5.95. The van der Waals surface area contributed by atoms with E-state index in [2.05, 4.69) is 0 Å². The zero-order valence-corrected chi connectivity index (χ0v) is 16.3. The van der Waals surface area contributed by atoms with E-state index in [4.69, 9.17) is 23.7 Å². The Bertz CT molecular complexity index is 711. The van der Waals surface area contributed by atoms with E-state index in [1.807, 2.05) is 27.7 Å². The number of carbonyl (C=O) groups is 3. The monoisotopic (exact) mass is 382 g/mol. The molecule has 27 heavy (non-hydrogen) atoms. The van der Waals surface area contributed by atoms with Gasteiger partial charge in [0, 0.05) is 19.6 Å². The molecule has 0 bridgehead atoms. The molecule has 0 amide bonds. The largest absolute Gasteiger partial charge is 0.461 e. The molecule has 3 heterocycles. The maximum Gasteiger partial charge on any atom is 0.339 e. The Morgan fingerprint density at radius 1 is 1.07 bits per heavy atom. The lowest BCUT2D eigenvalue weighted by Crippen LogP contribution is -2.66. The normalized spacial score (nSPS) is 45.2. The number of rotatable bonds is 4. The van der Waals surface area contributed by atoms with E-state index < -0.39 is 58.3 Å². The molecular formula is C19H26O8. The minimum Gasteiger partial charge on any atom is -0.461 e. The second-order valence-corrected chi connectivity index (χ2v) is 8.72. The van der Waals surface area contributed by atoms with Crippen LogP contribution >= 0.6 is 0 Å². The molecule has 8 heteroatoms. The maximum atomic E-state index is 13.1. The second kappa shape index (κ2) is 5.44. The first-order valence-electron chi connectivity index (χ1n) is 9.49. The van der Waals surface area contributed by atoms with Gasteiger partial charge in [0.25, 0.3) is 6.29 Å². The molecule has 1 saturated carbocycles. The van der Waals surface area contributed by atoms with Gasteiger partial charge in [-0.15, -0.1) is 0 Å². The standard InChI is InChI=1S/C19H26O8/c1-6-23-12-13(21)26-15-19(12)17(14(22)27-15)9-11(20)25-10(17)8-18(19,24-7-2)16(3,4)5/h10,12,15H,6-9H2,1-5H3/t10?,12-,15?,17?,18-,19?/m1/s1. The number of carbonyl (C=O) groups excluding carboxylic acids is 3. The van der Waals surface area contributed by atoms with Gasteiger partial charge < -0.3 is 23.7 Å². The summed E-state index contributed by atoms with van der Waals surface area (Å²) in [5.74, 6) is -1.65. The van der Waals surface area contributed by atoms with Crippen molar-refractivity contribution in [2.24, 2.45) is 16.2 Å². The van der Waals surface area contributed by atoms with Crippen molar-refractivity contribution in [3.8, 4) is 0 Å². The first-order chi connectivity index (χ1) is 12.6. The summed E-state index contributed by atoms with van der Waals surface area (Å²) < 4.78 is 28.9. The Morgan fingerprint density at radius 2 is 1.78 bits per heavy atom. The van der Waals surface area contributed by atoms with Crippen molar-refractivity contribution in [3.05, 3.63) is 0 Å². The first-order valence-corrected chi connectivity index (χ1v) is 9.49. The molecule has 0 radical (unpaired) electrons. The summed E-state index contributed by atoms with van der Waals surface area (Å²) in [5, 5.41) is 0. The molecule has 0 aromatic heterocycles. The van der Waals surface area contributed by atoms with Gasteiger partial charge in [-0.25, -0.2) is 4.79 Å². The van der Waals surface area contributed by atoms with Crippen LogP contribution in [0.5, 0.6) is 0 Å². The van der Waals surface area contributed by atoms with Crippen molar-refractivity contribution in [1.82, 2.24) is 0 Å². The van der Waals surface area contributed by atoms with Crippen LogP contribution in [0, 0.1) is 16.2 Å². The Kier molecular flexibility index (Phi) is 3.77. The highest BCUT2D eigenvalue weighted by Crippen LogP contribution is 2.77. The lowest BCUT2D eigenvalue weighted by Gasteiger charge is -2.53. The summed E-state index contributed by atoms with van der Waals surface area (Å²) in [6.07, 6.45) is -2.88. The molecule has 1 aliphatic carbocycles. The van der Waals surface area contributed by atoms with Crippen molar-refractivity contribution >= 4 is 17.9 Å². The average molecular weight is 382 g/mol. The SMILES string of the molecule is CCO[C@@H]1C(=O)OC2OC(=O)C34CC(=O)OC3C[C@@](OCC)(C(C)(C)C)C214. The van der Waals surface area contributed by atoms with Crippen LogP contribution in [0.1, 0.15) is 47.5 Å². The molecular weight excluding hydrogens is 356 g/mol. The minimum atomic E-state index is -1.36. The highest BCUT2D eigenvalue weighted by Gasteiger charge is 2.93. The molecule has 2 spiro atoms. The van der Waals surface area contributed by atoms with Crippen LogP contribution in [0.2, 0.25) is 0 Å². The second-order valence-electron chi connectivity index (χ2n) is 8.72. The summed E-state index contributed by atoms with van der Waals surface area (Å²) in [5.41, 5.74) is -4.20. The van der Waals surface area contributed by atoms with Crippen molar-refractivity contribution < 1.29 is 38.1 Å². The van der Waals surface area contributed by atoms with Gasteiger partial charge in [-0.2, -0.15) is 0 Å². The van der Waals surface area contributed by atoms with Gasteiger partial charge in [0.05, 0.1) is 12.0 Å². The maximum absolute atomic E-state index is 13.1. The number of esters is 3. The number of hydrogen-bond donors (Lipinski definition) is 0. The fourth-order valence-corrected chi connectivity index (χ4v) is 6.10. The first kappa shape index (κ1) is 18.7. The van der Waals surface area contributed by atoms with Crippen LogP contribution in [0.15, 0.2) is 0 Å². The molecule has 4 unspecified atom stereocenters. The Hall–Kier alpha value is -1.67. The van der Waals surface area contributed by atoms with E-state index >= 15 is 0 Å². The topological polar surface area (TPSA) is 97.4 Å². The fourth-order valence-electron chi connectivity index (χ4n) is 6.10. The molecule has 0 aromatic carbocycles. The smallest absolute Gasteiger partial charge is 0.339 e. The summed E-state index contributed by atoms with van der Waals surface area (Å²) in [6.45, 7) is 10.2. The van der Waals surface area contributed by atoms with E-state index in [9.17, 15) is 14.4 Å². The van der Waals surface area contributed by atoms with Gasteiger partial charge in [0.1, 0.15) is 16.9 Å². The molecule has 3 aliphatic heterocycles. The van der Waals surface area contributed by atoms with Crippen LogP contribution in [-0.2, 0) is 38.1 Å². The van der Waals surface area contributed by atoms with Crippen molar-refractivity contribution in [2.75, 3.05) is 13.2 Å². The number of ether oxygens (including phenoxy) is 5. The average Bonchev–Trinajstić information content (AvgIpc) is 3.16. The van der Waals surface area contributed by atoms with Gasteiger partial charge in [-0.3, -0.25) is 9.59 Å². The van der Waals surface area contributed by atoms with Gasteiger partial charge in [0.15, 0.2) is 6.10 Å². The lowest BCUT2D eigenvalue weighted by molar-refractivity contribution is -0.250. The molecule has 6 atom stereocenters. The molecule has 0 N–H and O–H groups in total. The van der Waals surface area contributed by atoms with Crippen LogP contribution in [0.25, 0.3) is 0 Å². The Morgan fingerprint density at radius 3 is 2.37 bits per heavy atom. The molecule has 4 rings (SSSR count). The summed E-state index contributed by atoms with van der Waals surface area (Å²) in [4.78, 5) is 38.2. The summed E-state index contributed by atoms with van der Waals surface area (Å²) in [6, 6.07) is 0. The summed E-state index contributed by atoms with van der Waals surface area (Å²) in [7, 11) is 0. The van der Waals surface area contributed by atoms with E-state index in [1.54, 1.807) is 6.92 Å². The Balaban J connectivity index is 2.05. The lowest BCUT2D eigenvalue weighted by atomic mass is 9.52. The van der Waals surface area contributed by atoms with E-state index in [-0.39, 0.29) is 19.4 Å². The van der Waals surface area contributed by atoms with E-state index in [1.165, 1.54) is 0 Å². The van der Waals surface area contributed by atoms with Crippen molar-refractivity contribution in [1.29, 1.82) is 0 Å². The third kappa shape index (κ3) is 1.79. The molecule has 4 aliphatic rings. The molecule has 8 nitrogen and oxygen atoms in total. The predicted octanol–water partition coefficient (Wildman–Crippen LogP) is 1.34. The van der Waals surface area contributed by atoms with E-state index in [0.717, 1.165) is 0 Å². The Labute approximate surface area is 157 Å². The van der Waals surface area contributed by atoms with Gasteiger partial charge in [-0.05, 0) is 19.3 Å². The molecule has 3 saturated heterocycles. The quantitative estimate of drug-likeness (QED) is 0.672. The van der Waals surface area contributed by atoms with Crippen LogP contribution in [-0.4, -0.2) is 55.2 Å². The van der Waals surface area contributed by atoms with Gasteiger partial charge in [0.2, 0.25) is 0 Å². The molecule has 4 fully saturated rings. The zero-order chi connectivity index (χ0) is 19.8. The van der Waals surface area contributed by atoms with Crippen molar-refractivity contribution in [2.45, 2.75) is 71.6 Å². The zero-order valence-electron chi connectivity index (χ0n) is 16.3. The van der Waals surface area contributed by atoms with E-state index in [0.29, 0.717) is 6.61 Å². The minimum absolute atomic E-state index is 0.169. The molecule has 150 valence electrons. The van der Waals surface area contributed by atoms with Gasteiger partial charge in [-0.1, -0.05) is 20.8 Å². The van der Waals surface area contributed by atoms with Crippen LogP contribution in [0.3, 0.4) is 0 Å². The molecule has 0 aromatic rings. The van der Waals surface area contributed by atoms with Crippen LogP contribution in [0.4, 0.5) is 0 Å². The highest BCUT2D eigenvalue weighted by atomic mass is 16.7. The third-order valence-corrected chi connectivity index (χ3v) is 6.86. The third-order valence-electron chi connectivity index (χ3n) is 6.86. The van der Waals surface area contributed by atoms with Crippen LogP contribution < -0.4 is 0 Å². The van der Waals surface area contributed by atoms with Crippen molar-refractivity contribution in [3.63, 3.8) is 0 Å². The predicted molar refractivity (Wildman–Crippen MR) is 89.2 cm³/mol. The number of hydrogen-bond acceptors (Lipinski definition) is 8.